The molecule has 26 heavy (non-hydrogen) atoms. The molecule has 0 saturated carbocycles. The number of rotatable bonds is 8. The molecule has 0 aliphatic rings. The van der Waals surface area contributed by atoms with Crippen LogP contribution in [0.4, 0.5) is 0 Å². The highest BCUT2D eigenvalue weighted by atomic mass is 35.5. The lowest BCUT2D eigenvalue weighted by Crippen LogP contribution is -2.39. The molecule has 140 valence electrons. The van der Waals surface area contributed by atoms with Crippen LogP contribution in [0.1, 0.15) is 22.2 Å². The van der Waals surface area contributed by atoms with Gasteiger partial charge in [-0.05, 0) is 37.3 Å². The number of ether oxygens (including phenoxy) is 2. The Hall–Kier alpha value is -2.25. The Balaban J connectivity index is 1.95. The number of amides is 2. The summed E-state index contributed by atoms with van der Waals surface area (Å²) in [4.78, 5) is 27.3. The van der Waals surface area contributed by atoms with E-state index in [1.807, 2.05) is 13.0 Å². The van der Waals surface area contributed by atoms with Crippen LogP contribution in [0.25, 0.3) is 0 Å². The normalized spacial score (nSPS) is 10.3. The van der Waals surface area contributed by atoms with Crippen LogP contribution < -0.4 is 14.8 Å². The zero-order valence-electron chi connectivity index (χ0n) is 14.9. The Labute approximate surface area is 161 Å². The number of nitrogens with one attached hydrogen (secondary N) is 1. The SMILES string of the molecule is CCN(Cc1ccc(Cl)s1)C(=O)CNC(=O)c1ccc(OC)c(OC)c1. The summed E-state index contributed by atoms with van der Waals surface area (Å²) in [6.07, 6.45) is 0. The number of nitrogens with zero attached hydrogens (tertiary/aromatic N) is 1. The smallest absolute Gasteiger partial charge is 0.251 e. The van der Waals surface area contributed by atoms with Crippen molar-refractivity contribution in [2.24, 2.45) is 0 Å². The minimum atomic E-state index is -0.352. The number of carbonyl (C=O) groups is 2. The number of thiophene rings is 1. The van der Waals surface area contributed by atoms with E-state index in [0.29, 0.717) is 34.5 Å². The van der Waals surface area contributed by atoms with E-state index in [9.17, 15) is 9.59 Å². The van der Waals surface area contributed by atoms with Gasteiger partial charge in [0.2, 0.25) is 5.91 Å². The van der Waals surface area contributed by atoms with Gasteiger partial charge in [0.25, 0.3) is 5.91 Å². The highest BCUT2D eigenvalue weighted by Crippen LogP contribution is 2.27. The van der Waals surface area contributed by atoms with Crippen LogP contribution >= 0.6 is 22.9 Å². The first kappa shape index (κ1) is 20.1. The predicted molar refractivity (Wildman–Crippen MR) is 102 cm³/mol. The zero-order chi connectivity index (χ0) is 19.1. The van der Waals surface area contributed by atoms with Crippen LogP contribution in [0.2, 0.25) is 4.34 Å². The van der Waals surface area contributed by atoms with Gasteiger partial charge in [-0.3, -0.25) is 9.59 Å². The molecule has 0 aliphatic heterocycles. The molecule has 0 aliphatic carbocycles. The number of halogens is 1. The van der Waals surface area contributed by atoms with Crippen molar-refractivity contribution in [1.29, 1.82) is 0 Å². The van der Waals surface area contributed by atoms with Crippen LogP contribution in [0.15, 0.2) is 30.3 Å². The van der Waals surface area contributed by atoms with Crippen molar-refractivity contribution in [3.63, 3.8) is 0 Å². The third-order valence-corrected chi connectivity index (χ3v) is 4.97. The van der Waals surface area contributed by atoms with Gasteiger partial charge in [-0.1, -0.05) is 11.6 Å². The highest BCUT2D eigenvalue weighted by Gasteiger charge is 2.16. The van der Waals surface area contributed by atoms with E-state index in [2.05, 4.69) is 5.32 Å². The lowest BCUT2D eigenvalue weighted by atomic mass is 10.2. The summed E-state index contributed by atoms with van der Waals surface area (Å²) in [7, 11) is 3.02. The molecule has 1 N–H and O–H groups in total. The maximum absolute atomic E-state index is 12.4. The van der Waals surface area contributed by atoms with Gasteiger partial charge in [0.1, 0.15) is 0 Å². The van der Waals surface area contributed by atoms with E-state index in [1.165, 1.54) is 25.6 Å². The summed E-state index contributed by atoms with van der Waals surface area (Å²) < 4.78 is 11.0. The minimum absolute atomic E-state index is 0.0832. The Morgan fingerprint density at radius 3 is 2.46 bits per heavy atom. The van der Waals surface area contributed by atoms with Gasteiger partial charge < -0.3 is 19.7 Å². The molecule has 1 aromatic heterocycles. The van der Waals surface area contributed by atoms with Crippen molar-refractivity contribution in [3.8, 4) is 11.5 Å². The summed E-state index contributed by atoms with van der Waals surface area (Å²) in [5, 5.41) is 2.64. The largest absolute Gasteiger partial charge is 0.493 e. The lowest BCUT2D eigenvalue weighted by Gasteiger charge is -2.20. The molecule has 2 amide bonds. The molecule has 0 radical (unpaired) electrons. The summed E-state index contributed by atoms with van der Waals surface area (Å²) in [5.74, 6) is 0.475. The summed E-state index contributed by atoms with van der Waals surface area (Å²) in [6.45, 7) is 2.82. The molecular weight excluding hydrogens is 376 g/mol. The fourth-order valence-corrected chi connectivity index (χ4v) is 3.45. The van der Waals surface area contributed by atoms with E-state index < -0.39 is 0 Å². The maximum atomic E-state index is 12.4. The molecule has 8 heteroatoms. The second kappa shape index (κ2) is 9.45. The Morgan fingerprint density at radius 1 is 1.15 bits per heavy atom. The van der Waals surface area contributed by atoms with Gasteiger partial charge >= 0.3 is 0 Å². The van der Waals surface area contributed by atoms with E-state index in [-0.39, 0.29) is 18.4 Å². The quantitative estimate of drug-likeness (QED) is 0.744. The van der Waals surface area contributed by atoms with Gasteiger partial charge in [0.15, 0.2) is 11.5 Å². The molecular formula is C18H21ClN2O4S. The molecule has 0 unspecified atom stereocenters. The molecule has 1 heterocycles. The molecule has 2 rings (SSSR count). The average molecular weight is 397 g/mol. The number of methoxy groups -OCH3 is 2. The summed E-state index contributed by atoms with van der Waals surface area (Å²) in [6, 6.07) is 8.54. The Morgan fingerprint density at radius 2 is 1.88 bits per heavy atom. The Bertz CT molecular complexity index is 778. The number of benzene rings is 1. The molecule has 1 aromatic carbocycles. The number of carbonyl (C=O) groups excluding carboxylic acids is 2. The molecule has 0 bridgehead atoms. The monoisotopic (exact) mass is 396 g/mol. The van der Waals surface area contributed by atoms with Gasteiger partial charge in [-0.15, -0.1) is 11.3 Å². The Kier molecular flexibility index (Phi) is 7.29. The molecule has 0 saturated heterocycles. The van der Waals surface area contributed by atoms with Gasteiger partial charge in [-0.25, -0.2) is 0 Å². The average Bonchev–Trinajstić information content (AvgIpc) is 3.07. The van der Waals surface area contributed by atoms with E-state index in [1.54, 1.807) is 29.2 Å². The second-order valence-electron chi connectivity index (χ2n) is 5.37. The maximum Gasteiger partial charge on any atom is 0.251 e. The van der Waals surface area contributed by atoms with Crippen LogP contribution in [-0.4, -0.2) is 44.0 Å². The third kappa shape index (κ3) is 5.12. The van der Waals surface area contributed by atoms with Crippen molar-refractivity contribution >= 4 is 34.8 Å². The summed E-state index contributed by atoms with van der Waals surface area (Å²) in [5.41, 5.74) is 0.392. The van der Waals surface area contributed by atoms with E-state index >= 15 is 0 Å². The number of hydrogen-bond donors (Lipinski definition) is 1. The van der Waals surface area contributed by atoms with E-state index in [0.717, 1.165) is 4.88 Å². The van der Waals surface area contributed by atoms with Crippen molar-refractivity contribution < 1.29 is 19.1 Å². The number of likely N-dealkylation sites (N-methyl/N-ethyl adjacent to an activating group) is 1. The lowest BCUT2D eigenvalue weighted by molar-refractivity contribution is -0.130. The molecule has 2 aromatic rings. The van der Waals surface area contributed by atoms with Crippen molar-refractivity contribution in [2.75, 3.05) is 27.3 Å². The van der Waals surface area contributed by atoms with Crippen LogP contribution in [0.5, 0.6) is 11.5 Å². The molecule has 0 atom stereocenters. The fraction of sp³-hybridized carbons (Fsp3) is 0.333. The van der Waals surface area contributed by atoms with Gasteiger partial charge in [0.05, 0.1) is 31.6 Å². The second-order valence-corrected chi connectivity index (χ2v) is 7.17. The predicted octanol–water partition coefficient (Wildman–Crippen LogP) is 3.20. The molecule has 6 nitrogen and oxygen atoms in total. The first-order chi connectivity index (χ1) is 12.5. The van der Waals surface area contributed by atoms with Gasteiger partial charge in [-0.2, -0.15) is 0 Å². The van der Waals surface area contributed by atoms with Crippen molar-refractivity contribution in [1.82, 2.24) is 10.2 Å². The van der Waals surface area contributed by atoms with Crippen molar-refractivity contribution in [2.45, 2.75) is 13.5 Å². The minimum Gasteiger partial charge on any atom is -0.493 e. The first-order valence-electron chi connectivity index (χ1n) is 8.00. The zero-order valence-corrected chi connectivity index (χ0v) is 16.4. The number of hydrogen-bond acceptors (Lipinski definition) is 5. The van der Waals surface area contributed by atoms with Crippen molar-refractivity contribution in [3.05, 3.63) is 45.1 Å². The highest BCUT2D eigenvalue weighted by molar-refractivity contribution is 7.16. The first-order valence-corrected chi connectivity index (χ1v) is 9.20. The topological polar surface area (TPSA) is 67.9 Å². The van der Waals surface area contributed by atoms with E-state index in [4.69, 9.17) is 21.1 Å². The van der Waals surface area contributed by atoms with Crippen LogP contribution in [0, 0.1) is 0 Å². The molecule has 0 spiro atoms. The van der Waals surface area contributed by atoms with Crippen LogP contribution in [0.3, 0.4) is 0 Å². The van der Waals surface area contributed by atoms with Gasteiger partial charge in [0, 0.05) is 17.0 Å². The fourth-order valence-electron chi connectivity index (χ4n) is 2.35. The standard InChI is InChI=1S/C18H21ClN2O4S/c1-4-21(11-13-6-8-16(19)26-13)17(22)10-20-18(23)12-5-7-14(24-2)15(9-12)25-3/h5-9H,4,10-11H2,1-3H3,(H,20,23). The summed E-state index contributed by atoms with van der Waals surface area (Å²) >= 11 is 7.36. The molecule has 0 fully saturated rings. The third-order valence-electron chi connectivity index (χ3n) is 3.76. The van der Waals surface area contributed by atoms with Crippen LogP contribution in [-0.2, 0) is 11.3 Å².